The standard InChI is InChI=1S/C22H23ClFN5O2/c23-14-5-8-16-18(10-14)26-11-19-28(21(16)22(30)31)12-27-29(19)15-6-3-13(4-7-15)20-17(24)2-1-9-25-20/h1-2,9-13,15,21,26H,3-8H2,(H,30,31). The number of pyridine rings is 1. The van der Waals surface area contributed by atoms with E-state index in [9.17, 15) is 14.3 Å². The van der Waals surface area contributed by atoms with E-state index in [2.05, 4.69) is 15.4 Å². The summed E-state index contributed by atoms with van der Waals surface area (Å²) in [6, 6.07) is 2.35. The molecule has 0 amide bonds. The van der Waals surface area contributed by atoms with Crippen LogP contribution in [0.4, 0.5) is 4.39 Å². The Morgan fingerprint density at radius 1 is 1.26 bits per heavy atom. The lowest BCUT2D eigenvalue weighted by molar-refractivity contribution is -0.140. The summed E-state index contributed by atoms with van der Waals surface area (Å²) in [5.41, 5.74) is 2.08. The van der Waals surface area contributed by atoms with Crippen LogP contribution in [0.25, 0.3) is 0 Å². The minimum atomic E-state index is -0.920. The van der Waals surface area contributed by atoms with Gasteiger partial charge in [0, 0.05) is 29.0 Å². The zero-order valence-electron chi connectivity index (χ0n) is 16.8. The van der Waals surface area contributed by atoms with Crippen LogP contribution in [0.15, 0.2) is 57.8 Å². The number of halogens is 2. The topological polar surface area (TPSA) is 81.1 Å². The molecule has 0 radical (unpaired) electrons. The minimum absolute atomic E-state index is 0.0920. The normalized spacial score (nSPS) is 27.7. The Morgan fingerprint density at radius 2 is 2.06 bits per heavy atom. The number of aromatic nitrogens is 1. The van der Waals surface area contributed by atoms with Gasteiger partial charge >= 0.3 is 5.97 Å². The first kappa shape index (κ1) is 20.1. The van der Waals surface area contributed by atoms with Crippen molar-refractivity contribution < 1.29 is 14.3 Å². The summed E-state index contributed by atoms with van der Waals surface area (Å²) < 4.78 is 14.1. The molecule has 9 heteroatoms. The number of fused-ring (bicyclic) bond motifs is 1. The van der Waals surface area contributed by atoms with Crippen LogP contribution >= 0.6 is 11.6 Å². The van der Waals surface area contributed by atoms with Crippen LogP contribution in [0.2, 0.25) is 0 Å². The molecule has 0 aromatic carbocycles. The van der Waals surface area contributed by atoms with E-state index in [1.165, 1.54) is 6.07 Å². The molecule has 1 aromatic heterocycles. The van der Waals surface area contributed by atoms with Gasteiger partial charge < -0.3 is 10.4 Å². The highest BCUT2D eigenvalue weighted by Crippen LogP contribution is 2.39. The van der Waals surface area contributed by atoms with Gasteiger partial charge in [-0.15, -0.1) is 0 Å². The summed E-state index contributed by atoms with van der Waals surface area (Å²) in [5.74, 6) is -0.371. The fourth-order valence-corrected chi connectivity index (χ4v) is 5.17. The highest BCUT2D eigenvalue weighted by molar-refractivity contribution is 6.29. The highest BCUT2D eigenvalue weighted by atomic mass is 35.5. The number of aliphatic carboxylic acids is 1. The Morgan fingerprint density at radius 3 is 2.81 bits per heavy atom. The van der Waals surface area contributed by atoms with Crippen molar-refractivity contribution in [2.45, 2.75) is 56.5 Å². The molecular weight excluding hydrogens is 421 g/mol. The van der Waals surface area contributed by atoms with Crippen molar-refractivity contribution in [1.82, 2.24) is 20.2 Å². The maximum Gasteiger partial charge on any atom is 0.331 e. The number of carbonyl (C=O) groups is 1. The minimum Gasteiger partial charge on any atom is -0.479 e. The second-order valence-corrected chi connectivity index (χ2v) is 8.76. The van der Waals surface area contributed by atoms with E-state index >= 15 is 0 Å². The van der Waals surface area contributed by atoms with E-state index in [0.717, 1.165) is 37.0 Å². The number of carboxylic acid groups (broad SMARTS) is 1. The van der Waals surface area contributed by atoms with Crippen molar-refractivity contribution in [3.05, 3.63) is 64.2 Å². The van der Waals surface area contributed by atoms with Crippen LogP contribution in [0.5, 0.6) is 0 Å². The third-order valence-electron chi connectivity index (χ3n) is 6.49. The van der Waals surface area contributed by atoms with Crippen LogP contribution in [0, 0.1) is 5.82 Å². The summed E-state index contributed by atoms with van der Waals surface area (Å²) >= 11 is 6.20. The highest BCUT2D eigenvalue weighted by Gasteiger charge is 2.41. The molecule has 1 fully saturated rings. The molecule has 162 valence electrons. The number of rotatable bonds is 3. The van der Waals surface area contributed by atoms with Crippen molar-refractivity contribution >= 4 is 23.9 Å². The van der Waals surface area contributed by atoms with E-state index in [-0.39, 0.29) is 17.8 Å². The van der Waals surface area contributed by atoms with Gasteiger partial charge in [0.15, 0.2) is 6.04 Å². The number of nitrogens with one attached hydrogen (secondary N) is 1. The maximum atomic E-state index is 14.1. The van der Waals surface area contributed by atoms with Gasteiger partial charge in [-0.2, -0.15) is 5.10 Å². The second-order valence-electron chi connectivity index (χ2n) is 8.28. The molecule has 3 heterocycles. The van der Waals surface area contributed by atoms with Gasteiger partial charge in [0.2, 0.25) is 0 Å². The molecule has 2 N–H and O–H groups in total. The van der Waals surface area contributed by atoms with Crippen LogP contribution in [-0.4, -0.2) is 44.4 Å². The molecule has 5 rings (SSSR count). The molecule has 4 aliphatic rings. The predicted molar refractivity (Wildman–Crippen MR) is 114 cm³/mol. The number of nitrogens with zero attached hydrogens (tertiary/aromatic N) is 4. The summed E-state index contributed by atoms with van der Waals surface area (Å²) in [7, 11) is 0. The van der Waals surface area contributed by atoms with Gasteiger partial charge in [0.25, 0.3) is 0 Å². The molecule has 2 aliphatic carbocycles. The monoisotopic (exact) mass is 443 g/mol. The van der Waals surface area contributed by atoms with Gasteiger partial charge in [-0.25, -0.2) is 14.2 Å². The Bertz CT molecular complexity index is 1030. The molecule has 1 saturated carbocycles. The molecule has 1 atom stereocenters. The van der Waals surface area contributed by atoms with E-state index in [1.807, 2.05) is 17.3 Å². The Hall–Kier alpha value is -2.87. The van der Waals surface area contributed by atoms with Crippen molar-refractivity contribution in [2.24, 2.45) is 5.10 Å². The Labute approximate surface area is 184 Å². The molecule has 0 saturated heterocycles. The van der Waals surface area contributed by atoms with Gasteiger partial charge in [-0.1, -0.05) is 11.6 Å². The molecule has 0 bridgehead atoms. The third kappa shape index (κ3) is 3.59. The van der Waals surface area contributed by atoms with E-state index in [0.29, 0.717) is 29.4 Å². The molecule has 1 aromatic rings. The van der Waals surface area contributed by atoms with E-state index in [1.54, 1.807) is 23.5 Å². The lowest BCUT2D eigenvalue weighted by Crippen LogP contribution is -2.43. The van der Waals surface area contributed by atoms with Gasteiger partial charge in [0.1, 0.15) is 18.0 Å². The number of hydrogen-bond acceptors (Lipinski definition) is 6. The van der Waals surface area contributed by atoms with E-state index < -0.39 is 12.0 Å². The number of hydrogen-bond donors (Lipinski definition) is 2. The average molecular weight is 444 g/mol. The van der Waals surface area contributed by atoms with Gasteiger partial charge in [0.05, 0.1) is 11.7 Å². The van der Waals surface area contributed by atoms with Gasteiger partial charge in [-0.3, -0.25) is 9.88 Å². The number of carboxylic acids is 1. The van der Waals surface area contributed by atoms with Crippen LogP contribution in [0.3, 0.4) is 0 Å². The second kappa shape index (κ2) is 8.00. The smallest absolute Gasteiger partial charge is 0.331 e. The van der Waals surface area contributed by atoms with Crippen LogP contribution in [0.1, 0.15) is 50.1 Å². The zero-order chi connectivity index (χ0) is 21.5. The largest absolute Gasteiger partial charge is 0.479 e. The SMILES string of the molecule is O=C(O)C1C2=C(C=C(Cl)CC2)NC=C2N1C=NN2C1CCC(c2ncccc2F)CC1. The summed E-state index contributed by atoms with van der Waals surface area (Å²) in [4.78, 5) is 18.2. The van der Waals surface area contributed by atoms with Crippen molar-refractivity contribution in [1.29, 1.82) is 0 Å². The van der Waals surface area contributed by atoms with Gasteiger partial charge in [-0.05, 0) is 62.3 Å². The first-order valence-electron chi connectivity index (χ1n) is 10.5. The fraction of sp³-hybridized carbons (Fsp3) is 0.409. The Balaban J connectivity index is 1.35. The van der Waals surface area contributed by atoms with Crippen molar-refractivity contribution in [3.63, 3.8) is 0 Å². The lowest BCUT2D eigenvalue weighted by atomic mass is 9.83. The van der Waals surface area contributed by atoms with Crippen molar-refractivity contribution in [2.75, 3.05) is 0 Å². The molecule has 1 unspecified atom stereocenters. The lowest BCUT2D eigenvalue weighted by Gasteiger charge is -2.35. The van der Waals surface area contributed by atoms with Crippen LogP contribution < -0.4 is 5.32 Å². The predicted octanol–water partition coefficient (Wildman–Crippen LogP) is 3.83. The number of allylic oxidation sites excluding steroid dienone is 2. The zero-order valence-corrected chi connectivity index (χ0v) is 17.6. The summed E-state index contributed by atoms with van der Waals surface area (Å²) in [6.07, 6.45) is 11.3. The number of hydrazone groups is 1. The Kier molecular flexibility index (Phi) is 5.17. The molecule has 2 aliphatic heterocycles. The summed E-state index contributed by atoms with van der Waals surface area (Å²) in [6.45, 7) is 0. The molecular formula is C22H23ClFN5O2. The first-order valence-corrected chi connectivity index (χ1v) is 10.9. The molecule has 7 nitrogen and oxygen atoms in total. The maximum absolute atomic E-state index is 14.1. The van der Waals surface area contributed by atoms with Crippen molar-refractivity contribution in [3.8, 4) is 0 Å². The third-order valence-corrected chi connectivity index (χ3v) is 6.79. The quantitative estimate of drug-likeness (QED) is 0.738. The molecule has 31 heavy (non-hydrogen) atoms. The summed E-state index contributed by atoms with van der Waals surface area (Å²) in [5, 5.41) is 20.4. The van der Waals surface area contributed by atoms with Crippen LogP contribution in [-0.2, 0) is 4.79 Å². The molecule has 0 spiro atoms. The average Bonchev–Trinajstić information content (AvgIpc) is 3.10. The first-order chi connectivity index (χ1) is 15.0. The fourth-order valence-electron chi connectivity index (χ4n) is 4.97. The van der Waals surface area contributed by atoms with E-state index in [4.69, 9.17) is 11.6 Å².